The summed E-state index contributed by atoms with van der Waals surface area (Å²) in [7, 11) is 0. The van der Waals surface area contributed by atoms with Crippen molar-refractivity contribution < 1.29 is 110 Å². The summed E-state index contributed by atoms with van der Waals surface area (Å²) >= 11 is 0. The molecule has 61 heavy (non-hydrogen) atoms. The number of fused-ring (bicyclic) bond motifs is 1. The van der Waals surface area contributed by atoms with Gasteiger partial charge in [-0.05, 0) is 29.5 Å². The Kier molecular flexibility index (Phi) is 10.5. The van der Waals surface area contributed by atoms with Crippen molar-refractivity contribution in [3.8, 4) is 11.1 Å². The van der Waals surface area contributed by atoms with Gasteiger partial charge in [-0.25, -0.2) is 70.2 Å². The Morgan fingerprint density at radius 3 is 0.770 bits per heavy atom. The second kappa shape index (κ2) is 14.2. The topological polar surface area (TPSA) is 0 Å². The molecule has 0 nitrogen and oxygen atoms in total. The van der Waals surface area contributed by atoms with Gasteiger partial charge < -0.3 is 0 Å². The lowest BCUT2D eigenvalue weighted by molar-refractivity contribution is -0.144. The van der Waals surface area contributed by atoms with E-state index >= 15 is 70.2 Å². The van der Waals surface area contributed by atoms with E-state index in [4.69, 9.17) is 0 Å². The van der Waals surface area contributed by atoms with Gasteiger partial charge in [0.05, 0.1) is 5.56 Å². The van der Waals surface area contributed by atoms with E-state index in [-0.39, 0.29) is 18.4 Å². The van der Waals surface area contributed by atoms with Gasteiger partial charge in [-0.2, -0.15) is 39.5 Å². The SMILES string of the molecule is Fc1c(F)c([B-](c2c(F)c(F)c(C(F)(F)F)c(F)c2F)(c2c(F)c(F)c(C(F)(F)F)c(F)c2F)c2c(F)c(F)c(C(F)(F)F)c(F)c2F)c(F)c(F)c1-c1ccc2c(c1)CC2. The second-order valence-electron chi connectivity index (χ2n) is 13.0. The summed E-state index contributed by atoms with van der Waals surface area (Å²) in [5.74, 6) is -63.9. The number of hydrogen-bond acceptors (Lipinski definition) is 0. The van der Waals surface area contributed by atoms with Crippen LogP contribution in [0.5, 0.6) is 0 Å². The van der Waals surface area contributed by atoms with Gasteiger partial charge in [-0.3, -0.25) is 0 Å². The van der Waals surface area contributed by atoms with Crippen LogP contribution in [0.4, 0.5) is 110 Å². The van der Waals surface area contributed by atoms with Crippen LogP contribution in [0.15, 0.2) is 18.2 Å². The first-order valence-corrected chi connectivity index (χ1v) is 15.8. The lowest BCUT2D eigenvalue weighted by Crippen LogP contribution is -2.81. The fourth-order valence-corrected chi connectivity index (χ4v) is 7.33. The number of halogens is 25. The standard InChI is InChI=1S/C35H7BF25/c37-17-9(8-4-2-6-1-3-7(6)5-8)18(38)26(46)13(25(17)45)36(14-27(47)19(39)10(33(53,54)55)20(40)28(14)48,15-29(49)21(41)11(34(56,57)58)22(42)30(15)50)16-31(51)23(43)12(35(59,60)61)24(44)32(16)52/h2,4-5H,1,3H2/q-1. The average Bonchev–Trinajstić information content (AvgIpc) is 3.11. The highest BCUT2D eigenvalue weighted by Gasteiger charge is 2.55. The maximum absolute atomic E-state index is 16.7. The molecule has 0 saturated heterocycles. The maximum atomic E-state index is 16.7. The van der Waals surface area contributed by atoms with Crippen LogP contribution in [-0.4, -0.2) is 6.15 Å². The fraction of sp³-hybridized carbons (Fsp3) is 0.143. The minimum atomic E-state index is -7.85. The summed E-state index contributed by atoms with van der Waals surface area (Å²) in [5.41, 5.74) is -30.2. The van der Waals surface area contributed by atoms with E-state index in [2.05, 4.69) is 0 Å². The molecular weight excluding hydrogens is 906 g/mol. The average molecular weight is 913 g/mol. The van der Waals surface area contributed by atoms with E-state index in [0.29, 0.717) is 11.6 Å². The van der Waals surface area contributed by atoms with Crippen LogP contribution in [0.2, 0.25) is 0 Å². The predicted molar refractivity (Wildman–Crippen MR) is 157 cm³/mol. The van der Waals surface area contributed by atoms with Crippen molar-refractivity contribution >= 4 is 28.0 Å². The Bertz CT molecular complexity index is 2410. The van der Waals surface area contributed by atoms with Crippen molar-refractivity contribution in [1.82, 2.24) is 0 Å². The molecule has 1 aliphatic rings. The normalized spacial score (nSPS) is 13.5. The first kappa shape index (κ1) is 45.0. The highest BCUT2D eigenvalue weighted by Crippen LogP contribution is 2.42. The van der Waals surface area contributed by atoms with Crippen LogP contribution < -0.4 is 21.9 Å². The lowest BCUT2D eigenvalue weighted by atomic mass is 9.12. The van der Waals surface area contributed by atoms with E-state index in [1.165, 1.54) is 0 Å². The molecule has 26 heteroatoms. The summed E-state index contributed by atoms with van der Waals surface area (Å²) in [6, 6.07) is 2.34. The largest absolute Gasteiger partial charge is 0.422 e. The van der Waals surface area contributed by atoms with Gasteiger partial charge in [-0.1, -0.05) is 18.2 Å². The smallest absolute Gasteiger partial charge is 0.207 e. The van der Waals surface area contributed by atoms with Crippen LogP contribution in [0.1, 0.15) is 27.8 Å². The Morgan fingerprint density at radius 2 is 0.557 bits per heavy atom. The van der Waals surface area contributed by atoms with E-state index in [9.17, 15) is 39.5 Å². The molecule has 0 amide bonds. The van der Waals surface area contributed by atoms with Gasteiger partial charge in [0.2, 0.25) is 0 Å². The van der Waals surface area contributed by atoms with Gasteiger partial charge in [0.25, 0.3) is 0 Å². The number of rotatable bonds is 5. The van der Waals surface area contributed by atoms with Crippen LogP contribution in [0.3, 0.4) is 0 Å². The second-order valence-corrected chi connectivity index (χ2v) is 13.0. The number of hydrogen-bond donors (Lipinski definition) is 0. The third kappa shape index (κ3) is 6.27. The summed E-state index contributed by atoms with van der Waals surface area (Å²) in [4.78, 5) is 0. The summed E-state index contributed by atoms with van der Waals surface area (Å²) < 4.78 is 378. The quantitative estimate of drug-likeness (QED) is 0.0937. The Labute approximate surface area is 319 Å². The first-order chi connectivity index (χ1) is 27.9. The van der Waals surface area contributed by atoms with Crippen molar-refractivity contribution in [1.29, 1.82) is 0 Å². The van der Waals surface area contributed by atoms with Gasteiger partial charge in [0.15, 0.2) is 46.5 Å². The predicted octanol–water partition coefficient (Wildman–Crippen LogP) is 10.1. The molecule has 0 saturated carbocycles. The zero-order valence-corrected chi connectivity index (χ0v) is 28.2. The van der Waals surface area contributed by atoms with Crippen LogP contribution >= 0.6 is 0 Å². The van der Waals surface area contributed by atoms with Crippen molar-refractivity contribution in [3.63, 3.8) is 0 Å². The van der Waals surface area contributed by atoms with Crippen LogP contribution in [-0.2, 0) is 31.4 Å². The van der Waals surface area contributed by atoms with Gasteiger partial charge in [-0.15, -0.1) is 21.9 Å². The summed E-state index contributed by atoms with van der Waals surface area (Å²) in [6.45, 7) is 0. The molecule has 0 bridgehead atoms. The Balaban J connectivity index is 2.08. The summed E-state index contributed by atoms with van der Waals surface area (Å²) in [6.07, 6.45) is -27.9. The zero-order chi connectivity index (χ0) is 46.1. The first-order valence-electron chi connectivity index (χ1n) is 15.8. The highest BCUT2D eigenvalue weighted by atomic mass is 19.4. The number of alkyl halides is 9. The molecule has 0 N–H and O–H groups in total. The third-order valence-electron chi connectivity index (χ3n) is 9.93. The minimum Gasteiger partial charge on any atom is -0.207 e. The molecule has 0 fully saturated rings. The number of aryl methyl sites for hydroxylation is 2. The van der Waals surface area contributed by atoms with E-state index in [0.717, 1.165) is 12.1 Å². The molecule has 5 aromatic rings. The molecule has 0 aromatic heterocycles. The van der Waals surface area contributed by atoms with E-state index in [1.54, 1.807) is 0 Å². The Hall–Kier alpha value is -5.59. The molecule has 0 radical (unpaired) electrons. The van der Waals surface area contributed by atoms with Crippen molar-refractivity contribution in [2.75, 3.05) is 0 Å². The Morgan fingerprint density at radius 1 is 0.311 bits per heavy atom. The van der Waals surface area contributed by atoms with Crippen molar-refractivity contribution in [2.24, 2.45) is 0 Å². The van der Waals surface area contributed by atoms with Crippen molar-refractivity contribution in [2.45, 2.75) is 31.4 Å². The van der Waals surface area contributed by atoms with Gasteiger partial charge in [0.1, 0.15) is 69.4 Å². The monoisotopic (exact) mass is 913 g/mol. The van der Waals surface area contributed by atoms with Crippen molar-refractivity contribution in [3.05, 3.63) is 139 Å². The molecule has 0 atom stereocenters. The molecule has 326 valence electrons. The zero-order valence-electron chi connectivity index (χ0n) is 28.2. The van der Waals surface area contributed by atoms with E-state index in [1.807, 2.05) is 0 Å². The van der Waals surface area contributed by atoms with E-state index < -0.39 is 167 Å². The molecule has 0 unspecified atom stereocenters. The molecule has 0 aliphatic heterocycles. The minimum absolute atomic E-state index is 0.0541. The fourth-order valence-electron chi connectivity index (χ4n) is 7.33. The molecule has 1 aliphatic carbocycles. The molecular formula is C35H7BF25-. The molecule has 6 rings (SSSR count). The third-order valence-corrected chi connectivity index (χ3v) is 9.93. The summed E-state index contributed by atoms with van der Waals surface area (Å²) in [5, 5.41) is 0. The lowest BCUT2D eigenvalue weighted by Gasteiger charge is -2.45. The van der Waals surface area contributed by atoms with Gasteiger partial charge >= 0.3 is 18.5 Å². The van der Waals surface area contributed by atoms with Crippen LogP contribution in [0, 0.1) is 93.1 Å². The van der Waals surface area contributed by atoms with Gasteiger partial charge in [0, 0.05) is 0 Å². The molecule has 5 aromatic carbocycles. The van der Waals surface area contributed by atoms with Crippen LogP contribution in [0.25, 0.3) is 11.1 Å². The molecule has 0 heterocycles. The maximum Gasteiger partial charge on any atom is 0.422 e. The highest BCUT2D eigenvalue weighted by molar-refractivity contribution is 7.20. The molecule has 0 spiro atoms. The number of benzene rings is 5.